The van der Waals surface area contributed by atoms with Crippen LogP contribution in [-0.2, 0) is 0 Å². The van der Waals surface area contributed by atoms with Gasteiger partial charge in [-0.15, -0.1) is 0 Å². The second-order valence-corrected chi connectivity index (χ2v) is 5.97. The molecule has 1 aliphatic carbocycles. The van der Waals surface area contributed by atoms with E-state index in [1.165, 1.54) is 12.8 Å². The summed E-state index contributed by atoms with van der Waals surface area (Å²) in [5, 5.41) is 6.41. The van der Waals surface area contributed by atoms with Gasteiger partial charge in [-0.3, -0.25) is 4.79 Å². The van der Waals surface area contributed by atoms with E-state index in [1.807, 2.05) is 0 Å². The van der Waals surface area contributed by atoms with E-state index < -0.39 is 0 Å². The molecule has 0 bridgehead atoms. The number of amides is 1. The molecule has 1 saturated heterocycles. The summed E-state index contributed by atoms with van der Waals surface area (Å²) in [7, 11) is 0. The molecule has 1 aliphatic heterocycles. The zero-order valence-corrected chi connectivity index (χ0v) is 11.9. The maximum atomic E-state index is 12.5. The average molecular weight is 285 g/mol. The highest BCUT2D eigenvalue weighted by molar-refractivity contribution is 6.04. The monoisotopic (exact) mass is 285 g/mol. The van der Waals surface area contributed by atoms with Crippen molar-refractivity contribution in [1.82, 2.24) is 25.6 Å². The molecule has 3 heterocycles. The lowest BCUT2D eigenvalue weighted by molar-refractivity contribution is 0.0932. The standard InChI is InChI=1S/C15H19N5O/c21-15(18-10-2-1-6-16-8-10)11-5-7-17-14-12(11)19-13(20-14)9-3-4-9/h5,7,9-10,16H,1-4,6,8H2,(H,18,21)(H,17,19,20)/t10-/m0/s1. The van der Waals surface area contributed by atoms with Crippen LogP contribution >= 0.6 is 0 Å². The van der Waals surface area contributed by atoms with Gasteiger partial charge in [0.15, 0.2) is 5.65 Å². The minimum Gasteiger partial charge on any atom is -0.348 e. The molecule has 0 aromatic carbocycles. The third-order valence-electron chi connectivity index (χ3n) is 4.25. The number of fused-ring (bicyclic) bond motifs is 1. The van der Waals surface area contributed by atoms with Crippen molar-refractivity contribution in [3.63, 3.8) is 0 Å². The van der Waals surface area contributed by atoms with Gasteiger partial charge in [-0.25, -0.2) is 9.97 Å². The summed E-state index contributed by atoms with van der Waals surface area (Å²) in [6, 6.07) is 1.98. The van der Waals surface area contributed by atoms with E-state index in [0.29, 0.717) is 17.1 Å². The molecule has 1 amide bonds. The molecule has 2 fully saturated rings. The molecule has 0 spiro atoms. The minimum absolute atomic E-state index is 0.0397. The number of nitrogens with zero attached hydrogens (tertiary/aromatic N) is 2. The van der Waals surface area contributed by atoms with E-state index in [1.54, 1.807) is 12.3 Å². The number of H-pyrrole nitrogens is 1. The highest BCUT2D eigenvalue weighted by Gasteiger charge is 2.28. The van der Waals surface area contributed by atoms with Gasteiger partial charge < -0.3 is 15.6 Å². The van der Waals surface area contributed by atoms with E-state index in [9.17, 15) is 4.79 Å². The molecule has 4 rings (SSSR count). The first kappa shape index (κ1) is 12.8. The molecule has 3 N–H and O–H groups in total. The van der Waals surface area contributed by atoms with Gasteiger partial charge in [0.1, 0.15) is 5.82 Å². The molecule has 2 aromatic rings. The second-order valence-electron chi connectivity index (χ2n) is 5.97. The molecule has 1 atom stereocenters. The summed E-state index contributed by atoms with van der Waals surface area (Å²) in [4.78, 5) is 24.6. The Morgan fingerprint density at radius 1 is 1.33 bits per heavy atom. The van der Waals surface area contributed by atoms with Crippen LogP contribution in [0, 0.1) is 0 Å². The van der Waals surface area contributed by atoms with Gasteiger partial charge in [0.2, 0.25) is 0 Å². The van der Waals surface area contributed by atoms with Gasteiger partial charge in [0.05, 0.1) is 11.1 Å². The van der Waals surface area contributed by atoms with E-state index in [4.69, 9.17) is 0 Å². The molecule has 2 aliphatic rings. The summed E-state index contributed by atoms with van der Waals surface area (Å²) in [6.07, 6.45) is 6.15. The fraction of sp³-hybridized carbons (Fsp3) is 0.533. The molecule has 1 saturated carbocycles. The lowest BCUT2D eigenvalue weighted by atomic mass is 10.1. The lowest BCUT2D eigenvalue weighted by Gasteiger charge is -2.23. The van der Waals surface area contributed by atoms with Gasteiger partial charge in [-0.2, -0.15) is 0 Å². The SMILES string of the molecule is O=C(N[C@H]1CCCNC1)c1ccnc2nc(C3CC3)[nH]c12. The molecule has 0 unspecified atom stereocenters. The molecule has 2 aromatic heterocycles. The number of pyridine rings is 1. The van der Waals surface area contributed by atoms with Gasteiger partial charge in [0, 0.05) is 24.7 Å². The Hall–Kier alpha value is -1.95. The van der Waals surface area contributed by atoms with E-state index in [0.717, 1.165) is 37.3 Å². The molecular weight excluding hydrogens is 266 g/mol. The third-order valence-corrected chi connectivity index (χ3v) is 4.25. The number of hydrogen-bond donors (Lipinski definition) is 3. The summed E-state index contributed by atoms with van der Waals surface area (Å²) < 4.78 is 0. The molecule has 21 heavy (non-hydrogen) atoms. The normalized spacial score (nSPS) is 22.4. The number of piperidine rings is 1. The number of rotatable bonds is 3. The van der Waals surface area contributed by atoms with Crippen LogP contribution in [-0.4, -0.2) is 40.0 Å². The van der Waals surface area contributed by atoms with Crippen LogP contribution in [0.2, 0.25) is 0 Å². The van der Waals surface area contributed by atoms with Crippen molar-refractivity contribution >= 4 is 17.1 Å². The topological polar surface area (TPSA) is 82.7 Å². The predicted molar refractivity (Wildman–Crippen MR) is 79.2 cm³/mol. The van der Waals surface area contributed by atoms with E-state index in [-0.39, 0.29) is 11.9 Å². The Balaban J connectivity index is 1.60. The molecular formula is C15H19N5O. The molecule has 0 radical (unpaired) electrons. The maximum absolute atomic E-state index is 12.5. The highest BCUT2D eigenvalue weighted by Crippen LogP contribution is 2.39. The number of aromatic nitrogens is 3. The molecule has 6 nitrogen and oxygen atoms in total. The van der Waals surface area contributed by atoms with Crippen molar-refractivity contribution in [2.24, 2.45) is 0 Å². The quantitative estimate of drug-likeness (QED) is 0.794. The van der Waals surface area contributed by atoms with Crippen LogP contribution in [0.15, 0.2) is 12.3 Å². The minimum atomic E-state index is -0.0397. The van der Waals surface area contributed by atoms with Crippen LogP contribution in [0.3, 0.4) is 0 Å². The first-order chi connectivity index (χ1) is 10.3. The highest BCUT2D eigenvalue weighted by atomic mass is 16.1. The number of carbonyl (C=O) groups excluding carboxylic acids is 1. The van der Waals surface area contributed by atoms with Crippen molar-refractivity contribution in [1.29, 1.82) is 0 Å². The third kappa shape index (κ3) is 2.51. The Labute approximate surface area is 122 Å². The van der Waals surface area contributed by atoms with E-state index >= 15 is 0 Å². The Kier molecular flexibility index (Phi) is 3.11. The fourth-order valence-electron chi connectivity index (χ4n) is 2.91. The van der Waals surface area contributed by atoms with Crippen molar-refractivity contribution in [3.05, 3.63) is 23.7 Å². The van der Waals surface area contributed by atoms with Gasteiger partial charge >= 0.3 is 0 Å². The Morgan fingerprint density at radius 3 is 3.00 bits per heavy atom. The Morgan fingerprint density at radius 2 is 2.24 bits per heavy atom. The van der Waals surface area contributed by atoms with Crippen molar-refractivity contribution in [2.45, 2.75) is 37.6 Å². The van der Waals surface area contributed by atoms with Crippen LogP contribution in [0.4, 0.5) is 0 Å². The van der Waals surface area contributed by atoms with Crippen LogP contribution in [0.5, 0.6) is 0 Å². The summed E-state index contributed by atoms with van der Waals surface area (Å²) in [6.45, 7) is 1.88. The van der Waals surface area contributed by atoms with Gasteiger partial charge in [-0.05, 0) is 38.3 Å². The fourth-order valence-corrected chi connectivity index (χ4v) is 2.91. The van der Waals surface area contributed by atoms with Crippen molar-refractivity contribution in [2.75, 3.05) is 13.1 Å². The van der Waals surface area contributed by atoms with Gasteiger partial charge in [-0.1, -0.05) is 0 Å². The molecule has 6 heteroatoms. The van der Waals surface area contributed by atoms with Gasteiger partial charge in [0.25, 0.3) is 5.91 Å². The Bertz CT molecular complexity index is 670. The number of aromatic amines is 1. The first-order valence-corrected chi connectivity index (χ1v) is 7.67. The van der Waals surface area contributed by atoms with Crippen LogP contribution in [0.25, 0.3) is 11.2 Å². The zero-order valence-electron chi connectivity index (χ0n) is 11.9. The van der Waals surface area contributed by atoms with Crippen LogP contribution < -0.4 is 10.6 Å². The summed E-state index contributed by atoms with van der Waals surface area (Å²) >= 11 is 0. The number of hydrogen-bond acceptors (Lipinski definition) is 4. The lowest BCUT2D eigenvalue weighted by Crippen LogP contribution is -2.45. The van der Waals surface area contributed by atoms with Crippen molar-refractivity contribution in [3.8, 4) is 0 Å². The van der Waals surface area contributed by atoms with Crippen molar-refractivity contribution < 1.29 is 4.79 Å². The predicted octanol–water partition coefficient (Wildman–Crippen LogP) is 1.32. The largest absolute Gasteiger partial charge is 0.348 e. The maximum Gasteiger partial charge on any atom is 0.253 e. The number of carbonyl (C=O) groups is 1. The average Bonchev–Trinajstić information content (AvgIpc) is 3.26. The zero-order chi connectivity index (χ0) is 14.2. The van der Waals surface area contributed by atoms with Crippen LogP contribution in [0.1, 0.15) is 47.8 Å². The first-order valence-electron chi connectivity index (χ1n) is 7.67. The smallest absolute Gasteiger partial charge is 0.253 e. The van der Waals surface area contributed by atoms with E-state index in [2.05, 4.69) is 25.6 Å². The second kappa shape index (κ2) is 5.11. The molecule has 110 valence electrons. The summed E-state index contributed by atoms with van der Waals surface area (Å²) in [5.74, 6) is 1.46. The number of imidazole rings is 1. The number of nitrogens with one attached hydrogen (secondary N) is 3. The summed E-state index contributed by atoms with van der Waals surface area (Å²) in [5.41, 5.74) is 2.05.